The maximum atomic E-state index is 11.2. The number of hydrogen-bond donors (Lipinski definition) is 0. The molecule has 2 nitrogen and oxygen atoms in total. The molecule has 0 bridgehead atoms. The van der Waals surface area contributed by atoms with E-state index >= 15 is 0 Å². The zero-order valence-electron chi connectivity index (χ0n) is 12.4. The van der Waals surface area contributed by atoms with Gasteiger partial charge in [0.15, 0.2) is 5.78 Å². The summed E-state index contributed by atoms with van der Waals surface area (Å²) in [4.78, 5) is 11.2. The molecule has 0 saturated heterocycles. The summed E-state index contributed by atoms with van der Waals surface area (Å²) in [7, 11) is 0. The first kappa shape index (κ1) is 15.4. The predicted molar refractivity (Wildman–Crippen MR) is 75.7 cm³/mol. The van der Waals surface area contributed by atoms with Crippen molar-refractivity contribution >= 4 is 5.78 Å². The van der Waals surface area contributed by atoms with Crippen molar-refractivity contribution in [3.8, 4) is 0 Å². The van der Waals surface area contributed by atoms with Crippen LogP contribution in [0.25, 0.3) is 0 Å². The fourth-order valence-corrected chi connectivity index (χ4v) is 2.71. The van der Waals surface area contributed by atoms with Crippen molar-refractivity contribution in [1.29, 1.82) is 0 Å². The van der Waals surface area contributed by atoms with E-state index in [4.69, 9.17) is 4.74 Å². The summed E-state index contributed by atoms with van der Waals surface area (Å²) in [6, 6.07) is 0. The van der Waals surface area contributed by atoms with Gasteiger partial charge in [0.2, 0.25) is 0 Å². The lowest BCUT2D eigenvalue weighted by atomic mass is 9.92. The third-order valence-corrected chi connectivity index (χ3v) is 3.68. The molecule has 0 heterocycles. The normalized spacial score (nSPS) is 18.0. The van der Waals surface area contributed by atoms with E-state index in [0.29, 0.717) is 11.7 Å². The maximum Gasteiger partial charge on any atom is 0.155 e. The Bertz CT molecular complexity index is 302. The van der Waals surface area contributed by atoms with Gasteiger partial charge in [0.25, 0.3) is 0 Å². The van der Waals surface area contributed by atoms with Gasteiger partial charge >= 0.3 is 0 Å². The van der Waals surface area contributed by atoms with E-state index in [2.05, 4.69) is 20.8 Å². The van der Waals surface area contributed by atoms with Crippen LogP contribution in [0.5, 0.6) is 0 Å². The number of hydrogen-bond acceptors (Lipinski definition) is 2. The summed E-state index contributed by atoms with van der Waals surface area (Å²) in [6.45, 7) is 9.46. The van der Waals surface area contributed by atoms with Gasteiger partial charge in [0.1, 0.15) is 0 Å². The van der Waals surface area contributed by atoms with E-state index in [1.54, 1.807) is 0 Å². The summed E-state index contributed by atoms with van der Waals surface area (Å²) >= 11 is 0. The lowest BCUT2D eigenvalue weighted by Gasteiger charge is -2.25. The molecule has 1 unspecified atom stereocenters. The second-order valence-electron chi connectivity index (χ2n) is 6.16. The number of rotatable bonds is 8. The van der Waals surface area contributed by atoms with Gasteiger partial charge in [-0.25, -0.2) is 0 Å². The second kappa shape index (κ2) is 7.08. The Morgan fingerprint density at radius 2 is 2.11 bits per heavy atom. The third kappa shape index (κ3) is 5.81. The molecule has 0 aliphatic heterocycles. The molecule has 2 heteroatoms. The average molecular weight is 252 g/mol. The fraction of sp³-hybridized carbons (Fsp3) is 0.812. The number of allylic oxidation sites excluding steroid dienone is 2. The van der Waals surface area contributed by atoms with Crippen LogP contribution in [0, 0.1) is 5.92 Å². The van der Waals surface area contributed by atoms with Crippen LogP contribution in [-0.2, 0) is 9.53 Å². The van der Waals surface area contributed by atoms with E-state index in [1.807, 2.05) is 13.0 Å². The molecule has 0 aromatic carbocycles. The largest absolute Gasteiger partial charge is 0.376 e. The van der Waals surface area contributed by atoms with E-state index < -0.39 is 0 Å². The van der Waals surface area contributed by atoms with Gasteiger partial charge < -0.3 is 4.74 Å². The minimum absolute atomic E-state index is 0.0110. The van der Waals surface area contributed by atoms with Crippen LogP contribution in [0.1, 0.15) is 66.2 Å². The molecule has 0 radical (unpaired) electrons. The van der Waals surface area contributed by atoms with Crippen LogP contribution in [-0.4, -0.2) is 18.0 Å². The molecule has 1 rings (SSSR count). The van der Waals surface area contributed by atoms with Gasteiger partial charge in [-0.15, -0.1) is 0 Å². The second-order valence-corrected chi connectivity index (χ2v) is 6.16. The van der Waals surface area contributed by atoms with Crippen molar-refractivity contribution in [3.63, 3.8) is 0 Å². The number of carbonyl (C=O) groups excluding carboxylic acids is 1. The Kier molecular flexibility index (Phi) is 6.07. The average Bonchev–Trinajstić information content (AvgIpc) is 2.63. The van der Waals surface area contributed by atoms with E-state index in [1.165, 1.54) is 18.4 Å². The first-order valence-corrected chi connectivity index (χ1v) is 7.29. The summed E-state index contributed by atoms with van der Waals surface area (Å²) in [6.07, 6.45) is 8.23. The molecule has 0 N–H and O–H groups in total. The summed E-state index contributed by atoms with van der Waals surface area (Å²) in [5.41, 5.74) is 1.37. The van der Waals surface area contributed by atoms with E-state index in [9.17, 15) is 4.79 Å². The highest BCUT2D eigenvalue weighted by Crippen LogP contribution is 2.26. The monoisotopic (exact) mass is 252 g/mol. The van der Waals surface area contributed by atoms with Crippen molar-refractivity contribution < 1.29 is 9.53 Å². The van der Waals surface area contributed by atoms with Crippen LogP contribution in [0.15, 0.2) is 11.6 Å². The molecule has 0 amide bonds. The molecule has 104 valence electrons. The quantitative estimate of drug-likeness (QED) is 0.644. The summed E-state index contributed by atoms with van der Waals surface area (Å²) in [5, 5.41) is 0. The molecule has 1 aliphatic carbocycles. The lowest BCUT2D eigenvalue weighted by molar-refractivity contribution is -0.114. The van der Waals surface area contributed by atoms with Crippen molar-refractivity contribution in [2.45, 2.75) is 71.8 Å². The highest BCUT2D eigenvalue weighted by molar-refractivity contribution is 5.92. The van der Waals surface area contributed by atoms with E-state index in [0.717, 1.165) is 32.3 Å². The first-order chi connectivity index (χ1) is 8.43. The summed E-state index contributed by atoms with van der Waals surface area (Å²) in [5.74, 6) is 0.995. The van der Waals surface area contributed by atoms with Crippen molar-refractivity contribution in [3.05, 3.63) is 11.6 Å². The molecule has 1 atom stereocenters. The Labute approximate surface area is 112 Å². The third-order valence-electron chi connectivity index (χ3n) is 3.68. The highest BCUT2D eigenvalue weighted by atomic mass is 16.5. The zero-order valence-corrected chi connectivity index (χ0v) is 12.4. The molecule has 0 aromatic heterocycles. The molecule has 1 aliphatic rings. The van der Waals surface area contributed by atoms with Gasteiger partial charge in [-0.1, -0.05) is 25.3 Å². The topological polar surface area (TPSA) is 26.3 Å². The highest BCUT2D eigenvalue weighted by Gasteiger charge is 2.18. The smallest absolute Gasteiger partial charge is 0.155 e. The number of ether oxygens (including phenoxy) is 1. The van der Waals surface area contributed by atoms with Gasteiger partial charge in [-0.2, -0.15) is 0 Å². The van der Waals surface area contributed by atoms with Crippen LogP contribution >= 0.6 is 0 Å². The lowest BCUT2D eigenvalue weighted by Crippen LogP contribution is -2.24. The van der Waals surface area contributed by atoms with Gasteiger partial charge in [-0.3, -0.25) is 4.79 Å². The van der Waals surface area contributed by atoms with Crippen LogP contribution < -0.4 is 0 Å². The van der Waals surface area contributed by atoms with Gasteiger partial charge in [0, 0.05) is 13.0 Å². The fourth-order valence-electron chi connectivity index (χ4n) is 2.71. The predicted octanol–water partition coefficient (Wildman–Crippen LogP) is 4.29. The standard InChI is InChI=1S/C16H28O2/c1-5-18-16(3,4)10-6-7-13(2)11-14-8-9-15(17)12-14/h12-13H,5-11H2,1-4H3. The van der Waals surface area contributed by atoms with Crippen LogP contribution in [0.2, 0.25) is 0 Å². The van der Waals surface area contributed by atoms with Crippen molar-refractivity contribution in [2.75, 3.05) is 6.61 Å². The SMILES string of the molecule is CCOC(C)(C)CCCC(C)CC1=CC(=O)CC1. The molecule has 0 saturated carbocycles. The van der Waals surface area contributed by atoms with Gasteiger partial charge in [-0.05, 0) is 52.0 Å². The Hall–Kier alpha value is -0.630. The first-order valence-electron chi connectivity index (χ1n) is 7.29. The minimum atomic E-state index is 0.0110. The van der Waals surface area contributed by atoms with Crippen LogP contribution in [0.4, 0.5) is 0 Å². The molecule has 0 spiro atoms. The molecular weight excluding hydrogens is 224 g/mol. The Morgan fingerprint density at radius 1 is 1.39 bits per heavy atom. The van der Waals surface area contributed by atoms with Crippen LogP contribution in [0.3, 0.4) is 0 Å². The number of carbonyl (C=O) groups is 1. The Morgan fingerprint density at radius 3 is 2.67 bits per heavy atom. The molecular formula is C16H28O2. The maximum absolute atomic E-state index is 11.2. The minimum Gasteiger partial charge on any atom is -0.376 e. The zero-order chi connectivity index (χ0) is 13.6. The van der Waals surface area contributed by atoms with Gasteiger partial charge in [0.05, 0.1) is 5.60 Å². The number of ketones is 1. The Balaban J connectivity index is 2.19. The molecule has 0 fully saturated rings. The van der Waals surface area contributed by atoms with Crippen molar-refractivity contribution in [1.82, 2.24) is 0 Å². The molecule has 18 heavy (non-hydrogen) atoms. The van der Waals surface area contributed by atoms with E-state index in [-0.39, 0.29) is 5.60 Å². The molecule has 0 aromatic rings. The van der Waals surface area contributed by atoms with Crippen molar-refractivity contribution in [2.24, 2.45) is 5.92 Å². The summed E-state index contributed by atoms with van der Waals surface area (Å²) < 4.78 is 5.70.